The molecular formula is C18H18ClFN4O2. The van der Waals surface area contributed by atoms with Gasteiger partial charge in [0, 0.05) is 43.8 Å². The molecule has 26 heavy (non-hydrogen) atoms. The summed E-state index contributed by atoms with van der Waals surface area (Å²) in [7, 11) is 1.81. The van der Waals surface area contributed by atoms with Crippen LogP contribution in [0.4, 0.5) is 10.1 Å². The summed E-state index contributed by atoms with van der Waals surface area (Å²) in [5.74, 6) is -0.607. The molecular weight excluding hydrogens is 359 g/mol. The number of hydrogen-bond donors (Lipinski definition) is 0. The van der Waals surface area contributed by atoms with Gasteiger partial charge in [-0.25, -0.2) is 4.39 Å². The number of aromatic nitrogens is 2. The number of carbonyl (C=O) groups excluding carboxylic acids is 2. The third-order valence-corrected chi connectivity index (χ3v) is 5.52. The molecule has 2 aromatic rings. The van der Waals surface area contributed by atoms with E-state index in [1.807, 2.05) is 13.2 Å². The van der Waals surface area contributed by atoms with Crippen LogP contribution in [0.1, 0.15) is 5.56 Å². The number of halogens is 2. The highest BCUT2D eigenvalue weighted by Crippen LogP contribution is 2.35. The maximum Gasteiger partial charge on any atom is 0.232 e. The molecule has 2 saturated heterocycles. The first-order chi connectivity index (χ1) is 12.4. The molecule has 2 atom stereocenters. The van der Waals surface area contributed by atoms with Crippen molar-refractivity contribution in [1.82, 2.24) is 14.7 Å². The van der Waals surface area contributed by atoms with Crippen LogP contribution in [-0.2, 0) is 23.1 Å². The molecule has 0 unspecified atom stereocenters. The quantitative estimate of drug-likeness (QED) is 0.821. The Morgan fingerprint density at radius 3 is 2.85 bits per heavy atom. The first kappa shape index (κ1) is 17.0. The minimum atomic E-state index is -0.419. The van der Waals surface area contributed by atoms with Crippen molar-refractivity contribution in [2.24, 2.45) is 18.9 Å². The Morgan fingerprint density at radius 1 is 1.35 bits per heavy atom. The number of likely N-dealkylation sites (tertiary alicyclic amines) is 1. The smallest absolute Gasteiger partial charge is 0.232 e. The second kappa shape index (κ2) is 6.39. The molecule has 2 aliphatic rings. The highest BCUT2D eigenvalue weighted by Gasteiger charge is 2.47. The third-order valence-electron chi connectivity index (χ3n) is 5.15. The van der Waals surface area contributed by atoms with E-state index in [0.29, 0.717) is 30.2 Å². The molecule has 1 aromatic heterocycles. The summed E-state index contributed by atoms with van der Waals surface area (Å²) in [4.78, 5) is 28.7. The Labute approximate surface area is 155 Å². The minimum absolute atomic E-state index is 0.0297. The van der Waals surface area contributed by atoms with Gasteiger partial charge < -0.3 is 9.80 Å². The molecule has 8 heteroatoms. The van der Waals surface area contributed by atoms with Gasteiger partial charge in [0.15, 0.2) is 0 Å². The molecule has 0 aliphatic carbocycles. The van der Waals surface area contributed by atoms with Gasteiger partial charge in [0.2, 0.25) is 11.8 Å². The number of amides is 2. The molecule has 136 valence electrons. The number of anilines is 1. The van der Waals surface area contributed by atoms with Gasteiger partial charge >= 0.3 is 0 Å². The Bertz CT molecular complexity index is 884. The highest BCUT2D eigenvalue weighted by atomic mass is 35.5. The largest absolute Gasteiger partial charge is 0.341 e. The summed E-state index contributed by atoms with van der Waals surface area (Å²) in [6.07, 6.45) is 3.53. The van der Waals surface area contributed by atoms with E-state index < -0.39 is 5.82 Å². The average Bonchev–Trinajstić information content (AvgIpc) is 3.27. The molecule has 0 bridgehead atoms. The van der Waals surface area contributed by atoms with E-state index in [1.54, 1.807) is 20.7 Å². The number of carbonyl (C=O) groups is 2. The van der Waals surface area contributed by atoms with E-state index in [4.69, 9.17) is 11.6 Å². The lowest BCUT2D eigenvalue weighted by atomic mass is 10.0. The normalized spacial score (nSPS) is 22.2. The summed E-state index contributed by atoms with van der Waals surface area (Å²) in [6, 6.07) is 4.00. The van der Waals surface area contributed by atoms with Crippen LogP contribution in [0.25, 0.3) is 0 Å². The number of hydrogen-bond acceptors (Lipinski definition) is 3. The van der Waals surface area contributed by atoms with Crippen molar-refractivity contribution in [2.75, 3.05) is 24.5 Å². The number of rotatable bonds is 3. The van der Waals surface area contributed by atoms with Crippen LogP contribution in [0.2, 0.25) is 5.02 Å². The fraction of sp³-hybridized carbons (Fsp3) is 0.389. The van der Waals surface area contributed by atoms with Crippen molar-refractivity contribution in [3.63, 3.8) is 0 Å². The monoisotopic (exact) mass is 376 g/mol. The summed E-state index contributed by atoms with van der Waals surface area (Å²) >= 11 is 6.05. The van der Waals surface area contributed by atoms with E-state index in [2.05, 4.69) is 5.10 Å². The lowest BCUT2D eigenvalue weighted by Crippen LogP contribution is -2.36. The lowest BCUT2D eigenvalue weighted by molar-refractivity contribution is -0.130. The van der Waals surface area contributed by atoms with E-state index >= 15 is 0 Å². The average molecular weight is 377 g/mol. The van der Waals surface area contributed by atoms with Gasteiger partial charge in [-0.05, 0) is 23.8 Å². The Kier molecular flexibility index (Phi) is 4.19. The summed E-state index contributed by atoms with van der Waals surface area (Å²) < 4.78 is 15.0. The van der Waals surface area contributed by atoms with Gasteiger partial charge in [0.25, 0.3) is 0 Å². The molecule has 0 spiro atoms. The standard InChI is InChI=1S/C18H18ClFN4O2/c1-22-9-14(6-21-22)24-8-12-7-23(10-15(12)18(24)26)17(25)5-11-4-13(20)2-3-16(11)19/h2-4,6,9,12,15H,5,7-8,10H2,1H3/t12-,15-/m1/s1. The summed E-state index contributed by atoms with van der Waals surface area (Å²) in [5.41, 5.74) is 1.26. The van der Waals surface area contributed by atoms with Crippen LogP contribution in [-0.4, -0.2) is 46.1 Å². The zero-order valence-corrected chi connectivity index (χ0v) is 15.0. The second-order valence-electron chi connectivity index (χ2n) is 6.90. The molecule has 0 radical (unpaired) electrons. The molecule has 2 fully saturated rings. The molecule has 4 rings (SSSR count). The molecule has 2 aliphatic heterocycles. The fourth-order valence-electron chi connectivity index (χ4n) is 3.80. The summed E-state index contributed by atoms with van der Waals surface area (Å²) in [6.45, 7) is 1.50. The number of aryl methyl sites for hydroxylation is 1. The molecule has 3 heterocycles. The van der Waals surface area contributed by atoms with E-state index in [0.717, 1.165) is 5.69 Å². The maximum atomic E-state index is 13.4. The zero-order valence-electron chi connectivity index (χ0n) is 14.2. The Hall–Kier alpha value is -2.41. The number of benzene rings is 1. The van der Waals surface area contributed by atoms with Crippen molar-refractivity contribution >= 4 is 29.1 Å². The Balaban J connectivity index is 1.43. The van der Waals surface area contributed by atoms with Crippen LogP contribution in [0.5, 0.6) is 0 Å². The van der Waals surface area contributed by atoms with Crippen molar-refractivity contribution < 1.29 is 14.0 Å². The first-order valence-corrected chi connectivity index (χ1v) is 8.82. The van der Waals surface area contributed by atoms with Gasteiger partial charge in [-0.2, -0.15) is 5.10 Å². The fourth-order valence-corrected chi connectivity index (χ4v) is 3.98. The molecule has 0 N–H and O–H groups in total. The zero-order chi connectivity index (χ0) is 18.4. The van der Waals surface area contributed by atoms with Crippen molar-refractivity contribution in [1.29, 1.82) is 0 Å². The van der Waals surface area contributed by atoms with Crippen LogP contribution >= 0.6 is 11.6 Å². The predicted molar refractivity (Wildman–Crippen MR) is 94.2 cm³/mol. The van der Waals surface area contributed by atoms with E-state index in [9.17, 15) is 14.0 Å². The second-order valence-corrected chi connectivity index (χ2v) is 7.31. The molecule has 2 amide bonds. The van der Waals surface area contributed by atoms with Gasteiger partial charge in [-0.15, -0.1) is 0 Å². The highest BCUT2D eigenvalue weighted by molar-refractivity contribution is 6.31. The van der Waals surface area contributed by atoms with Crippen molar-refractivity contribution in [2.45, 2.75) is 6.42 Å². The van der Waals surface area contributed by atoms with Crippen LogP contribution in [0.15, 0.2) is 30.6 Å². The molecule has 0 saturated carbocycles. The Morgan fingerprint density at radius 2 is 2.15 bits per heavy atom. The number of nitrogens with zero attached hydrogens (tertiary/aromatic N) is 4. The van der Waals surface area contributed by atoms with E-state index in [1.165, 1.54) is 18.2 Å². The van der Waals surface area contributed by atoms with E-state index in [-0.39, 0.29) is 30.1 Å². The predicted octanol–water partition coefficient (Wildman–Crippen LogP) is 1.88. The molecule has 6 nitrogen and oxygen atoms in total. The van der Waals surface area contributed by atoms with Gasteiger partial charge in [-0.3, -0.25) is 14.3 Å². The summed E-state index contributed by atoms with van der Waals surface area (Å²) in [5, 5.41) is 4.48. The third kappa shape index (κ3) is 2.96. The van der Waals surface area contributed by atoms with Crippen LogP contribution in [0, 0.1) is 17.7 Å². The van der Waals surface area contributed by atoms with Crippen LogP contribution in [0.3, 0.4) is 0 Å². The minimum Gasteiger partial charge on any atom is -0.341 e. The lowest BCUT2D eigenvalue weighted by Gasteiger charge is -2.21. The van der Waals surface area contributed by atoms with Crippen molar-refractivity contribution in [3.05, 3.63) is 47.0 Å². The van der Waals surface area contributed by atoms with Gasteiger partial charge in [0.05, 0.1) is 24.2 Å². The molecule has 1 aromatic carbocycles. The number of fused-ring (bicyclic) bond motifs is 1. The van der Waals surface area contributed by atoms with Crippen molar-refractivity contribution in [3.8, 4) is 0 Å². The first-order valence-electron chi connectivity index (χ1n) is 8.44. The topological polar surface area (TPSA) is 58.4 Å². The van der Waals surface area contributed by atoms with Gasteiger partial charge in [0.1, 0.15) is 5.82 Å². The SMILES string of the molecule is Cn1cc(N2C[C@H]3CN(C(=O)Cc4cc(F)ccc4Cl)C[C@H]3C2=O)cn1. The maximum absolute atomic E-state index is 13.4. The van der Waals surface area contributed by atoms with Gasteiger partial charge in [-0.1, -0.05) is 11.6 Å². The van der Waals surface area contributed by atoms with Crippen LogP contribution < -0.4 is 4.90 Å².